The fourth-order valence-corrected chi connectivity index (χ4v) is 6.32. The van der Waals surface area contributed by atoms with E-state index in [1.54, 1.807) is 34.6 Å². The number of carbonyl (C=O) groups is 2. The summed E-state index contributed by atoms with van der Waals surface area (Å²) in [5.41, 5.74) is 3.96. The molecule has 0 aromatic carbocycles. The average molecular weight is 657 g/mol. The number of anilines is 1. The van der Waals surface area contributed by atoms with Gasteiger partial charge in [0.15, 0.2) is 22.5 Å². The molecule has 0 spiro atoms. The molecule has 1 aliphatic rings. The number of rotatable bonds is 12. The second kappa shape index (κ2) is 13.3. The number of aliphatic hydroxyl groups is 1. The summed E-state index contributed by atoms with van der Waals surface area (Å²) in [5, 5.41) is 10.0. The Morgan fingerprint density at radius 2 is 2.05 bits per heavy atom. The lowest BCUT2D eigenvalue weighted by Gasteiger charge is -2.25. The predicted octanol–water partition coefficient (Wildman–Crippen LogP) is 2.24. The Hall–Kier alpha value is -2.11. The normalized spacial score (nSPS) is 25.0. The van der Waals surface area contributed by atoms with Crippen molar-refractivity contribution in [2.75, 3.05) is 24.7 Å². The number of esters is 1. The number of hydrogen-bond acceptors (Lipinski definition) is 13. The lowest BCUT2D eigenvalue weighted by atomic mass is 10.00. The summed E-state index contributed by atoms with van der Waals surface area (Å²) in [6, 6.07) is -1.16. The topological polar surface area (TPSA) is 210 Å². The number of aromatic amines is 1. The Morgan fingerprint density at radius 3 is 2.67 bits per heavy atom. The van der Waals surface area contributed by atoms with Gasteiger partial charge in [-0.25, -0.2) is 19.0 Å². The molecule has 0 bridgehead atoms. The van der Waals surface area contributed by atoms with Crippen LogP contribution in [0.15, 0.2) is 11.1 Å². The molecule has 1 unspecified atom stereocenters. The quantitative estimate of drug-likeness (QED) is 0.112. The molecular weight excluding hydrogens is 622 g/mol. The van der Waals surface area contributed by atoms with Gasteiger partial charge in [0.05, 0.1) is 25.6 Å². The van der Waals surface area contributed by atoms with Crippen LogP contribution in [0.4, 0.5) is 10.3 Å². The van der Waals surface area contributed by atoms with Gasteiger partial charge in [-0.3, -0.25) is 33.0 Å². The number of aromatic nitrogens is 4. The van der Waals surface area contributed by atoms with Crippen LogP contribution in [0.5, 0.6) is 0 Å². The number of H-pyrrole nitrogens is 1. The smallest absolute Gasteiger partial charge is 0.406 e. The Kier molecular flexibility index (Phi) is 10.9. The zero-order valence-electron chi connectivity index (χ0n) is 23.8. The molecule has 1 aliphatic heterocycles. The Balaban J connectivity index is 1.77. The third kappa shape index (κ3) is 8.08. The van der Waals surface area contributed by atoms with E-state index < -0.39 is 67.0 Å². The lowest BCUT2D eigenvalue weighted by molar-refractivity contribution is -0.149. The average Bonchev–Trinajstić information content (AvgIpc) is 3.37. The maximum absolute atomic E-state index is 15.6. The van der Waals surface area contributed by atoms with Crippen LogP contribution in [0.2, 0.25) is 0 Å². The van der Waals surface area contributed by atoms with Gasteiger partial charge in [-0.1, -0.05) is 44.1 Å². The Morgan fingerprint density at radius 1 is 1.38 bits per heavy atom. The van der Waals surface area contributed by atoms with Crippen LogP contribution < -0.4 is 16.4 Å². The number of alkyl halides is 2. The highest BCUT2D eigenvalue weighted by molar-refractivity contribution is 8.13. The van der Waals surface area contributed by atoms with Gasteiger partial charge >= 0.3 is 13.7 Å². The summed E-state index contributed by atoms with van der Waals surface area (Å²) in [6.07, 6.45) is -4.71. The van der Waals surface area contributed by atoms with Gasteiger partial charge in [0, 0.05) is 11.2 Å². The van der Waals surface area contributed by atoms with Gasteiger partial charge in [0.25, 0.3) is 10.7 Å². The molecule has 0 aliphatic carbocycles. The summed E-state index contributed by atoms with van der Waals surface area (Å²) in [6.45, 7) is 8.93. The van der Waals surface area contributed by atoms with Gasteiger partial charge < -0.3 is 20.3 Å². The first-order valence-electron chi connectivity index (χ1n) is 12.8. The zero-order chi connectivity index (χ0) is 31.6. The van der Waals surface area contributed by atoms with Crippen molar-refractivity contribution in [3.8, 4) is 0 Å². The molecule has 6 atom stereocenters. The van der Waals surface area contributed by atoms with Gasteiger partial charge in [-0.05, 0) is 20.8 Å². The third-order valence-electron chi connectivity index (χ3n) is 5.74. The maximum atomic E-state index is 15.6. The number of halogens is 2. The largest absolute Gasteiger partial charge is 0.462 e. The van der Waals surface area contributed by atoms with Crippen LogP contribution >= 0.6 is 31.1 Å². The fraction of sp³-hybridized carbons (Fsp3) is 0.696. The van der Waals surface area contributed by atoms with Crippen LogP contribution in [-0.4, -0.2) is 84.2 Å². The van der Waals surface area contributed by atoms with Crippen LogP contribution in [0.3, 0.4) is 0 Å². The zero-order valence-corrected chi connectivity index (χ0v) is 26.3. The number of imidazole rings is 1. The summed E-state index contributed by atoms with van der Waals surface area (Å²) in [4.78, 5) is 46.7. The highest BCUT2D eigenvalue weighted by atomic mass is 35.5. The van der Waals surface area contributed by atoms with E-state index in [0.717, 1.165) is 22.7 Å². The minimum atomic E-state index is -4.35. The van der Waals surface area contributed by atoms with E-state index in [4.69, 9.17) is 35.9 Å². The molecule has 0 amide bonds. The van der Waals surface area contributed by atoms with Crippen molar-refractivity contribution in [3.05, 3.63) is 16.7 Å². The van der Waals surface area contributed by atoms with Gasteiger partial charge in [-0.15, -0.1) is 0 Å². The van der Waals surface area contributed by atoms with E-state index in [-0.39, 0.29) is 34.6 Å². The van der Waals surface area contributed by atoms with E-state index in [2.05, 4.69) is 20.0 Å². The second-order valence-corrected chi connectivity index (χ2v) is 14.2. The summed E-state index contributed by atoms with van der Waals surface area (Å²) < 4.78 is 51.9. The van der Waals surface area contributed by atoms with Crippen molar-refractivity contribution in [2.45, 2.75) is 77.3 Å². The van der Waals surface area contributed by atoms with Crippen molar-refractivity contribution < 1.29 is 42.2 Å². The van der Waals surface area contributed by atoms with Crippen LogP contribution in [0.25, 0.3) is 11.2 Å². The number of nitrogen functional groups attached to an aromatic ring is 1. The first kappa shape index (κ1) is 34.4. The summed E-state index contributed by atoms with van der Waals surface area (Å²) in [5.74, 6) is -0.911. The predicted molar refractivity (Wildman–Crippen MR) is 152 cm³/mol. The number of ether oxygens (including phenoxy) is 2. The van der Waals surface area contributed by atoms with Crippen LogP contribution in [-0.2, 0) is 32.7 Å². The molecule has 15 nitrogen and oxygen atoms in total. The number of nitrogens with one attached hydrogen (secondary N) is 2. The minimum Gasteiger partial charge on any atom is -0.462 e. The molecule has 0 saturated carbocycles. The number of nitrogens with two attached hydrogens (primary N) is 1. The SMILES string of the molecule is CC(C)OC(=O)[C@H](C)NP(=O)(OCCSC(=O)C(C)(C)C)OC[C@H]1O[C@@H](n2cnc3c(=O)[nH]c(N)nc32)[C@](F)(Cl)[C@@H]1O. The van der Waals surface area contributed by atoms with E-state index in [0.29, 0.717) is 0 Å². The van der Waals surface area contributed by atoms with Gasteiger partial charge in [0.2, 0.25) is 5.95 Å². The van der Waals surface area contributed by atoms with Crippen molar-refractivity contribution >= 4 is 59.3 Å². The fourth-order valence-electron chi connectivity index (χ4n) is 3.64. The van der Waals surface area contributed by atoms with E-state index in [1.807, 2.05) is 0 Å². The van der Waals surface area contributed by atoms with E-state index >= 15 is 4.39 Å². The van der Waals surface area contributed by atoms with Gasteiger partial charge in [0.1, 0.15) is 18.2 Å². The first-order chi connectivity index (χ1) is 19.4. The maximum Gasteiger partial charge on any atom is 0.406 e. The van der Waals surface area contributed by atoms with Crippen molar-refractivity contribution in [1.29, 1.82) is 0 Å². The van der Waals surface area contributed by atoms with Crippen molar-refractivity contribution in [3.63, 3.8) is 0 Å². The van der Waals surface area contributed by atoms with Crippen molar-refractivity contribution in [1.82, 2.24) is 24.6 Å². The Labute approximate surface area is 249 Å². The molecule has 19 heteroatoms. The lowest BCUT2D eigenvalue weighted by Crippen LogP contribution is -2.39. The number of hydrogen-bond donors (Lipinski definition) is 4. The molecule has 42 heavy (non-hydrogen) atoms. The van der Waals surface area contributed by atoms with Crippen LogP contribution in [0, 0.1) is 5.41 Å². The molecule has 2 aromatic heterocycles. The monoisotopic (exact) mass is 656 g/mol. The highest BCUT2D eigenvalue weighted by Crippen LogP contribution is 2.49. The summed E-state index contributed by atoms with van der Waals surface area (Å²) in [7, 11) is -4.35. The minimum absolute atomic E-state index is 0.110. The molecule has 3 heterocycles. The molecule has 2 aromatic rings. The number of nitrogens with zero attached hydrogens (tertiary/aromatic N) is 3. The second-order valence-electron chi connectivity index (χ2n) is 10.8. The van der Waals surface area contributed by atoms with E-state index in [9.17, 15) is 24.1 Å². The number of carbonyl (C=O) groups excluding carboxylic acids is 2. The number of fused-ring (bicyclic) bond motifs is 1. The molecule has 5 N–H and O–H groups in total. The molecular formula is C23H35ClFN6O9PS. The standard InChI is InChI=1S/C23H35ClFN6O9PS/c1-11(2)39-18(34)12(3)30-41(36,37-7-8-42-20(35)22(4,5)6)38-9-13-15(32)23(24,25)19(40-13)31-10-27-14-16(31)28-21(26)29-17(14)33/h10-13,15,19,32H,7-9H2,1-6H3,(H,30,36)(H3,26,28,29,33)/t12-,13+,15+,19+,23-,41?/m0/s1. The molecule has 1 fully saturated rings. The first-order valence-corrected chi connectivity index (χ1v) is 15.7. The highest BCUT2D eigenvalue weighted by Gasteiger charge is 2.58. The van der Waals surface area contributed by atoms with E-state index in [1.165, 1.54) is 6.92 Å². The number of aliphatic hydroxyl groups excluding tert-OH is 1. The van der Waals surface area contributed by atoms with Gasteiger partial charge in [-0.2, -0.15) is 4.98 Å². The van der Waals surface area contributed by atoms with Crippen molar-refractivity contribution in [2.24, 2.45) is 5.41 Å². The van der Waals surface area contributed by atoms with Crippen LogP contribution in [0.1, 0.15) is 47.8 Å². The molecule has 1 saturated heterocycles. The summed E-state index contributed by atoms with van der Waals surface area (Å²) >= 11 is 7.00. The molecule has 3 rings (SSSR count). The molecule has 0 radical (unpaired) electrons. The third-order valence-corrected chi connectivity index (χ3v) is 9.11. The Bertz CT molecular complexity index is 1400. The molecule has 236 valence electrons. The number of thioether (sulfide) groups is 1.